The highest BCUT2D eigenvalue weighted by Gasteiger charge is 2.30. The summed E-state index contributed by atoms with van der Waals surface area (Å²) in [5.74, 6) is 0. The van der Waals surface area contributed by atoms with E-state index < -0.39 is 11.7 Å². The molecule has 0 saturated heterocycles. The summed E-state index contributed by atoms with van der Waals surface area (Å²) in [5.41, 5.74) is 1.93. The molecule has 1 aromatic carbocycles. The number of hydrogen-bond acceptors (Lipinski definition) is 4. The minimum absolute atomic E-state index is 0.186. The van der Waals surface area contributed by atoms with Gasteiger partial charge >= 0.3 is 6.18 Å². The van der Waals surface area contributed by atoms with Crippen molar-refractivity contribution in [3.05, 3.63) is 59.8 Å². The number of rotatable bonds is 3. The Balaban J connectivity index is 1.87. The van der Waals surface area contributed by atoms with Gasteiger partial charge in [-0.05, 0) is 26.0 Å². The Morgan fingerprint density at radius 3 is 2.33 bits per heavy atom. The molecule has 1 unspecified atom stereocenters. The van der Waals surface area contributed by atoms with Crippen molar-refractivity contribution in [2.24, 2.45) is 0 Å². The van der Waals surface area contributed by atoms with E-state index in [2.05, 4.69) is 20.3 Å². The van der Waals surface area contributed by atoms with E-state index in [1.54, 1.807) is 23.3 Å². The van der Waals surface area contributed by atoms with Gasteiger partial charge in [-0.1, -0.05) is 17.3 Å². The smallest absolute Gasteiger partial charge is 0.258 e. The van der Waals surface area contributed by atoms with E-state index in [0.29, 0.717) is 11.3 Å². The SMILES string of the molecule is Cc1nccnc1C(C)n1cc(-c2ccc(C(F)(F)F)cc2)nn1. The summed E-state index contributed by atoms with van der Waals surface area (Å²) < 4.78 is 39.5. The maximum atomic E-state index is 12.6. The van der Waals surface area contributed by atoms with Gasteiger partial charge < -0.3 is 0 Å². The summed E-state index contributed by atoms with van der Waals surface area (Å²) in [7, 11) is 0. The number of aromatic nitrogens is 5. The molecular formula is C16H14F3N5. The van der Waals surface area contributed by atoms with E-state index in [4.69, 9.17) is 0 Å². The standard InChI is InChI=1S/C16H14F3N5/c1-10-15(21-8-7-20-10)11(2)24-9-14(22-23-24)12-3-5-13(6-4-12)16(17,18)19/h3-9,11H,1-2H3. The fourth-order valence-electron chi connectivity index (χ4n) is 2.38. The molecule has 0 N–H and O–H groups in total. The molecule has 8 heteroatoms. The average molecular weight is 333 g/mol. The van der Waals surface area contributed by atoms with Crippen LogP contribution in [0.15, 0.2) is 42.9 Å². The third-order valence-corrected chi connectivity index (χ3v) is 3.73. The van der Waals surface area contributed by atoms with E-state index in [-0.39, 0.29) is 6.04 Å². The van der Waals surface area contributed by atoms with Crippen molar-refractivity contribution in [2.75, 3.05) is 0 Å². The summed E-state index contributed by atoms with van der Waals surface area (Å²) in [6.07, 6.45) is 0.544. The van der Waals surface area contributed by atoms with E-state index in [0.717, 1.165) is 23.5 Å². The Hall–Kier alpha value is -2.77. The zero-order chi connectivity index (χ0) is 17.3. The molecule has 1 atom stereocenters. The number of halogens is 3. The van der Waals surface area contributed by atoms with Crippen molar-refractivity contribution in [2.45, 2.75) is 26.1 Å². The minimum atomic E-state index is -4.35. The Labute approximate surface area is 136 Å². The second-order valence-electron chi connectivity index (χ2n) is 5.36. The lowest BCUT2D eigenvalue weighted by atomic mass is 10.1. The summed E-state index contributed by atoms with van der Waals surface area (Å²) >= 11 is 0. The van der Waals surface area contributed by atoms with Crippen molar-refractivity contribution in [3.63, 3.8) is 0 Å². The number of hydrogen-bond donors (Lipinski definition) is 0. The van der Waals surface area contributed by atoms with Crippen LogP contribution in [-0.2, 0) is 6.18 Å². The minimum Gasteiger partial charge on any atom is -0.258 e. The molecule has 0 aliphatic rings. The van der Waals surface area contributed by atoms with Crippen LogP contribution in [0.5, 0.6) is 0 Å². The van der Waals surface area contributed by atoms with Crippen LogP contribution < -0.4 is 0 Å². The molecule has 0 aliphatic heterocycles. The molecule has 0 bridgehead atoms. The zero-order valence-corrected chi connectivity index (χ0v) is 13.0. The molecule has 2 heterocycles. The van der Waals surface area contributed by atoms with Crippen LogP contribution in [0.1, 0.15) is 29.9 Å². The Morgan fingerprint density at radius 2 is 1.71 bits per heavy atom. The molecule has 0 aliphatic carbocycles. The molecule has 0 spiro atoms. The van der Waals surface area contributed by atoms with Gasteiger partial charge in [-0.2, -0.15) is 13.2 Å². The third-order valence-electron chi connectivity index (χ3n) is 3.73. The Kier molecular flexibility index (Phi) is 4.04. The molecule has 0 saturated carbocycles. The van der Waals surface area contributed by atoms with Gasteiger partial charge in [0.15, 0.2) is 0 Å². The van der Waals surface area contributed by atoms with E-state index in [1.165, 1.54) is 12.1 Å². The molecule has 3 aromatic rings. The van der Waals surface area contributed by atoms with Crippen molar-refractivity contribution in [3.8, 4) is 11.3 Å². The lowest BCUT2D eigenvalue weighted by Gasteiger charge is -2.12. The summed E-state index contributed by atoms with van der Waals surface area (Å²) in [5, 5.41) is 8.10. The molecular weight excluding hydrogens is 319 g/mol. The van der Waals surface area contributed by atoms with Gasteiger partial charge in [0.2, 0.25) is 0 Å². The zero-order valence-electron chi connectivity index (χ0n) is 13.0. The number of aryl methyl sites for hydroxylation is 1. The van der Waals surface area contributed by atoms with E-state index in [9.17, 15) is 13.2 Å². The molecule has 2 aromatic heterocycles. The van der Waals surface area contributed by atoms with E-state index >= 15 is 0 Å². The monoisotopic (exact) mass is 333 g/mol. The van der Waals surface area contributed by atoms with Crippen LogP contribution in [0.25, 0.3) is 11.3 Å². The maximum Gasteiger partial charge on any atom is 0.416 e. The van der Waals surface area contributed by atoms with Gasteiger partial charge in [0, 0.05) is 18.0 Å². The molecule has 3 rings (SSSR count). The largest absolute Gasteiger partial charge is 0.416 e. The van der Waals surface area contributed by atoms with Gasteiger partial charge in [-0.25, -0.2) is 4.68 Å². The third kappa shape index (κ3) is 3.12. The van der Waals surface area contributed by atoms with Crippen LogP contribution in [0.4, 0.5) is 13.2 Å². The van der Waals surface area contributed by atoms with Gasteiger partial charge in [0.05, 0.1) is 29.2 Å². The van der Waals surface area contributed by atoms with Crippen LogP contribution >= 0.6 is 0 Å². The predicted molar refractivity (Wildman–Crippen MR) is 81.0 cm³/mol. The summed E-state index contributed by atoms with van der Waals surface area (Å²) in [6, 6.07) is 4.65. The first-order valence-electron chi connectivity index (χ1n) is 7.23. The first-order chi connectivity index (χ1) is 11.4. The lowest BCUT2D eigenvalue weighted by molar-refractivity contribution is -0.137. The van der Waals surface area contributed by atoms with Crippen LogP contribution in [0, 0.1) is 6.92 Å². The predicted octanol–water partition coefficient (Wildman–Crippen LogP) is 3.67. The molecule has 5 nitrogen and oxygen atoms in total. The normalized spacial score (nSPS) is 13.0. The Bertz CT molecular complexity index is 839. The van der Waals surface area contributed by atoms with Crippen molar-refractivity contribution < 1.29 is 13.2 Å². The summed E-state index contributed by atoms with van der Waals surface area (Å²) in [6.45, 7) is 3.76. The van der Waals surface area contributed by atoms with Crippen LogP contribution in [0.3, 0.4) is 0 Å². The fraction of sp³-hybridized carbons (Fsp3) is 0.250. The van der Waals surface area contributed by atoms with Crippen molar-refractivity contribution >= 4 is 0 Å². The van der Waals surface area contributed by atoms with Crippen LogP contribution in [0.2, 0.25) is 0 Å². The second kappa shape index (κ2) is 6.03. The number of nitrogens with zero attached hydrogens (tertiary/aromatic N) is 5. The van der Waals surface area contributed by atoms with Gasteiger partial charge in [-0.3, -0.25) is 9.97 Å². The number of alkyl halides is 3. The Morgan fingerprint density at radius 1 is 1.04 bits per heavy atom. The average Bonchev–Trinajstić information content (AvgIpc) is 3.04. The van der Waals surface area contributed by atoms with E-state index in [1.807, 2.05) is 13.8 Å². The van der Waals surface area contributed by atoms with Gasteiger partial charge in [-0.15, -0.1) is 5.10 Å². The lowest BCUT2D eigenvalue weighted by Crippen LogP contribution is -2.11. The highest BCUT2D eigenvalue weighted by molar-refractivity contribution is 5.58. The maximum absolute atomic E-state index is 12.6. The topological polar surface area (TPSA) is 56.5 Å². The van der Waals surface area contributed by atoms with Crippen molar-refractivity contribution in [1.29, 1.82) is 0 Å². The molecule has 124 valence electrons. The molecule has 0 fully saturated rings. The molecule has 0 radical (unpaired) electrons. The number of benzene rings is 1. The van der Waals surface area contributed by atoms with Crippen LogP contribution in [-0.4, -0.2) is 25.0 Å². The molecule has 24 heavy (non-hydrogen) atoms. The molecule has 0 amide bonds. The first-order valence-corrected chi connectivity index (χ1v) is 7.23. The highest BCUT2D eigenvalue weighted by Crippen LogP contribution is 2.30. The quantitative estimate of drug-likeness (QED) is 0.734. The van der Waals surface area contributed by atoms with Crippen molar-refractivity contribution in [1.82, 2.24) is 25.0 Å². The fourth-order valence-corrected chi connectivity index (χ4v) is 2.38. The highest BCUT2D eigenvalue weighted by atomic mass is 19.4. The van der Waals surface area contributed by atoms with Gasteiger partial charge in [0.1, 0.15) is 5.69 Å². The van der Waals surface area contributed by atoms with Gasteiger partial charge in [0.25, 0.3) is 0 Å². The summed E-state index contributed by atoms with van der Waals surface area (Å²) in [4.78, 5) is 8.49. The second-order valence-corrected chi connectivity index (χ2v) is 5.36. The first kappa shape index (κ1) is 16.1.